The zero-order valence-corrected chi connectivity index (χ0v) is 21.8. The summed E-state index contributed by atoms with van der Waals surface area (Å²) in [5, 5.41) is 0. The van der Waals surface area contributed by atoms with Gasteiger partial charge in [-0.2, -0.15) is 0 Å². The first-order valence-corrected chi connectivity index (χ1v) is 12.8. The molecule has 0 fully saturated rings. The first-order valence-electron chi connectivity index (χ1n) is 9.55. The predicted molar refractivity (Wildman–Crippen MR) is 128 cm³/mol. The van der Waals surface area contributed by atoms with E-state index in [1.165, 1.54) is 0 Å². The number of rotatable bonds is 10. The van der Waals surface area contributed by atoms with Crippen LogP contribution in [0, 0.1) is 0 Å². The van der Waals surface area contributed by atoms with E-state index >= 15 is 0 Å². The molecule has 8 nitrogen and oxygen atoms in total. The molecule has 0 heterocycles. The molecule has 0 radical (unpaired) electrons. The first kappa shape index (κ1) is 26.3. The Labute approximate surface area is 178 Å². The Morgan fingerprint density at radius 2 is 1.21 bits per heavy atom. The summed E-state index contributed by atoms with van der Waals surface area (Å²) in [5.41, 5.74) is 0.726. The van der Waals surface area contributed by atoms with Crippen LogP contribution in [0.15, 0.2) is 34.8 Å². The molecule has 0 saturated carbocycles. The highest BCUT2D eigenvalue weighted by atomic mass is 31.2. The summed E-state index contributed by atoms with van der Waals surface area (Å²) in [4.78, 5) is 13.0. The van der Waals surface area contributed by atoms with Gasteiger partial charge in [0.25, 0.3) is 0 Å². The van der Waals surface area contributed by atoms with Crippen LogP contribution in [0.4, 0.5) is 0 Å². The van der Waals surface area contributed by atoms with Gasteiger partial charge >= 0.3 is 7.87 Å². The Hall–Kier alpha value is -0.690. The zero-order chi connectivity index (χ0) is 22.6. The fourth-order valence-corrected chi connectivity index (χ4v) is 13.1. The molecule has 0 spiro atoms. The van der Waals surface area contributed by atoms with E-state index in [1.54, 1.807) is 0 Å². The number of ketones is 1. The van der Waals surface area contributed by atoms with Crippen molar-refractivity contribution in [2.75, 3.05) is 84.1 Å². The highest BCUT2D eigenvalue weighted by Crippen LogP contribution is 2.74. The second-order valence-electron chi connectivity index (χ2n) is 8.00. The van der Waals surface area contributed by atoms with Gasteiger partial charge in [-0.3, -0.25) is 4.79 Å². The summed E-state index contributed by atoms with van der Waals surface area (Å²) >= 11 is 0. The van der Waals surface area contributed by atoms with Crippen LogP contribution in [0.1, 0.15) is 10.4 Å². The molecule has 1 rings (SSSR count). The van der Waals surface area contributed by atoms with Gasteiger partial charge in [0.05, 0.1) is 0 Å². The van der Waals surface area contributed by atoms with Crippen LogP contribution in [-0.2, 0) is 0 Å². The fourth-order valence-electron chi connectivity index (χ4n) is 3.69. The van der Waals surface area contributed by atoms with Gasteiger partial charge in [0.2, 0.25) is 7.51 Å². The quantitative estimate of drug-likeness (QED) is 0.406. The van der Waals surface area contributed by atoms with Crippen LogP contribution >= 0.6 is 15.4 Å². The van der Waals surface area contributed by atoms with Crippen molar-refractivity contribution in [3.63, 3.8) is 0 Å². The van der Waals surface area contributed by atoms with Gasteiger partial charge in [-0.25, -0.2) is 14.0 Å². The summed E-state index contributed by atoms with van der Waals surface area (Å²) in [6.45, 7) is 0.298. The third-order valence-corrected chi connectivity index (χ3v) is 13.2. The SMILES string of the molecule is CN(C)P(=N[P+](N(C)C)(N(C)C)N(C)CC(=O)c1ccccc1)(N(C)C)N(C)C. The molecule has 0 N–H and O–H groups in total. The van der Waals surface area contributed by atoms with Crippen molar-refractivity contribution in [3.05, 3.63) is 35.9 Å². The zero-order valence-electron chi connectivity index (χ0n) is 20.0. The van der Waals surface area contributed by atoms with Crippen LogP contribution in [0.3, 0.4) is 0 Å². The van der Waals surface area contributed by atoms with E-state index in [0.717, 1.165) is 5.56 Å². The molecule has 0 aliphatic heterocycles. The summed E-state index contributed by atoms with van der Waals surface area (Å²) in [6.07, 6.45) is 0. The lowest BCUT2D eigenvalue weighted by Crippen LogP contribution is -2.40. The van der Waals surface area contributed by atoms with Crippen LogP contribution in [0.5, 0.6) is 0 Å². The molecule has 0 bridgehead atoms. The first-order chi connectivity index (χ1) is 13.3. The number of carbonyl (C=O) groups is 1. The monoisotopic (exact) mass is 444 g/mol. The van der Waals surface area contributed by atoms with Gasteiger partial charge in [0.1, 0.15) is 6.54 Å². The summed E-state index contributed by atoms with van der Waals surface area (Å²) < 4.78 is 18.7. The van der Waals surface area contributed by atoms with E-state index in [-0.39, 0.29) is 5.78 Å². The predicted octanol–water partition coefficient (Wildman–Crippen LogP) is 3.23. The lowest BCUT2D eigenvalue weighted by molar-refractivity contribution is 0.0970. The number of carbonyl (C=O) groups excluding carboxylic acids is 1. The molecular formula is C19H40N7OP2+. The van der Waals surface area contributed by atoms with E-state index in [9.17, 15) is 4.79 Å². The summed E-state index contributed by atoms with van der Waals surface area (Å²) in [7, 11) is 18.1. The Morgan fingerprint density at radius 1 is 0.793 bits per heavy atom. The average molecular weight is 445 g/mol. The molecule has 0 aliphatic carbocycles. The molecule has 0 aliphatic rings. The minimum atomic E-state index is -2.36. The maximum atomic E-state index is 13.0. The van der Waals surface area contributed by atoms with E-state index < -0.39 is 15.4 Å². The maximum Gasteiger partial charge on any atom is 0.356 e. The highest BCUT2D eigenvalue weighted by molar-refractivity contribution is 7.75. The molecule has 29 heavy (non-hydrogen) atoms. The molecule has 0 atom stereocenters. The number of benzene rings is 1. The largest absolute Gasteiger partial charge is 0.356 e. The van der Waals surface area contributed by atoms with Gasteiger partial charge in [0, 0.05) is 40.8 Å². The molecule has 0 unspecified atom stereocenters. The van der Waals surface area contributed by atoms with Crippen molar-refractivity contribution in [3.8, 4) is 0 Å². The molecule has 1 aromatic carbocycles. The number of Topliss-reactive ketones (excluding diaryl/α,β-unsaturated/α-hetero) is 1. The lowest BCUT2D eigenvalue weighted by atomic mass is 10.1. The van der Waals surface area contributed by atoms with Crippen LogP contribution in [0.2, 0.25) is 0 Å². The van der Waals surface area contributed by atoms with Crippen molar-refractivity contribution in [1.82, 2.24) is 28.0 Å². The Morgan fingerprint density at radius 3 is 1.55 bits per heavy atom. The topological polar surface area (TPSA) is 48.9 Å². The Balaban J connectivity index is 3.62. The summed E-state index contributed by atoms with van der Waals surface area (Å²) in [6, 6.07) is 9.47. The number of nitrogens with zero attached hydrogens (tertiary/aromatic N) is 7. The Bertz CT molecular complexity index is 684. The number of likely N-dealkylation sites (N-methyl/N-ethyl adjacent to an activating group) is 1. The smallest absolute Gasteiger partial charge is 0.293 e. The van der Waals surface area contributed by atoms with E-state index in [1.807, 2.05) is 37.4 Å². The second kappa shape index (κ2) is 10.6. The van der Waals surface area contributed by atoms with Crippen molar-refractivity contribution >= 4 is 21.2 Å². The Kier molecular flexibility index (Phi) is 9.59. The third-order valence-electron chi connectivity index (χ3n) is 4.85. The lowest BCUT2D eigenvalue weighted by Gasteiger charge is -2.44. The molecule has 166 valence electrons. The normalized spacial score (nSPS) is 13.4. The van der Waals surface area contributed by atoms with E-state index in [2.05, 4.69) is 98.5 Å². The average Bonchev–Trinajstić information content (AvgIpc) is 2.61. The second-order valence-corrected chi connectivity index (χ2v) is 15.5. The van der Waals surface area contributed by atoms with Crippen molar-refractivity contribution in [1.29, 1.82) is 0 Å². The van der Waals surface area contributed by atoms with Crippen LogP contribution in [-0.4, -0.2) is 118 Å². The van der Waals surface area contributed by atoms with E-state index in [0.29, 0.717) is 6.54 Å². The third kappa shape index (κ3) is 5.33. The van der Waals surface area contributed by atoms with Gasteiger partial charge in [-0.15, -0.1) is 14.0 Å². The number of hydrogen-bond donors (Lipinski definition) is 0. The van der Waals surface area contributed by atoms with Crippen LogP contribution in [0.25, 0.3) is 0 Å². The number of hydrogen-bond acceptors (Lipinski definition) is 5. The van der Waals surface area contributed by atoms with Gasteiger partial charge < -0.3 is 0 Å². The van der Waals surface area contributed by atoms with Crippen molar-refractivity contribution in [2.24, 2.45) is 4.52 Å². The standard InChI is InChI=1S/C19H40N7OP2/c1-21(2)28(22(3)4,23(5)6)20-29(24(7)8,25(9)10)26(11)17-19(27)18-15-13-12-14-16-18/h12-16H,17H2,1-11H3/q+1. The molecule has 0 aromatic heterocycles. The highest BCUT2D eigenvalue weighted by Gasteiger charge is 2.54. The van der Waals surface area contributed by atoms with Crippen molar-refractivity contribution in [2.45, 2.75) is 0 Å². The van der Waals surface area contributed by atoms with E-state index in [4.69, 9.17) is 4.52 Å². The molecule has 10 heteroatoms. The molecule has 0 saturated heterocycles. The summed E-state index contributed by atoms with van der Waals surface area (Å²) in [5.74, 6) is 0.0971. The minimum Gasteiger partial charge on any atom is -0.293 e. The molecular weight excluding hydrogens is 404 g/mol. The molecule has 0 amide bonds. The van der Waals surface area contributed by atoms with Crippen LogP contribution < -0.4 is 0 Å². The van der Waals surface area contributed by atoms with Gasteiger partial charge in [-0.05, 0) is 46.8 Å². The fraction of sp³-hybridized carbons (Fsp3) is 0.632. The van der Waals surface area contributed by atoms with Crippen molar-refractivity contribution < 1.29 is 4.79 Å². The van der Waals surface area contributed by atoms with Gasteiger partial charge in [0.15, 0.2) is 5.78 Å². The minimum absolute atomic E-state index is 0.0971. The maximum absolute atomic E-state index is 13.0. The molecule has 1 aromatic rings. The van der Waals surface area contributed by atoms with Gasteiger partial charge in [-0.1, -0.05) is 30.3 Å².